The summed E-state index contributed by atoms with van der Waals surface area (Å²) < 4.78 is 11.2. The molecule has 0 bridgehead atoms. The van der Waals surface area contributed by atoms with Gasteiger partial charge < -0.3 is 19.3 Å². The maximum atomic E-state index is 11.7. The van der Waals surface area contributed by atoms with E-state index in [9.17, 15) is 9.59 Å². The van der Waals surface area contributed by atoms with Crippen molar-refractivity contribution < 1.29 is 19.1 Å². The fraction of sp³-hybridized carbons (Fsp3) is 0.909. The van der Waals surface area contributed by atoms with Crippen LogP contribution < -0.4 is 0 Å². The van der Waals surface area contributed by atoms with Crippen LogP contribution in [0.1, 0.15) is 55.4 Å². The quantitative estimate of drug-likeness (QED) is 0.730. The van der Waals surface area contributed by atoms with Crippen molar-refractivity contribution in [3.63, 3.8) is 0 Å². The number of nitrogens with zero attached hydrogens (tertiary/aromatic N) is 2. The van der Waals surface area contributed by atoms with Gasteiger partial charge in [0.2, 0.25) is 11.8 Å². The molecule has 0 unspecified atom stereocenters. The average molecular weight is 399 g/mol. The van der Waals surface area contributed by atoms with E-state index in [0.717, 1.165) is 26.2 Å². The number of carbonyl (C=O) groups is 2. The Labute approximate surface area is 171 Å². The monoisotopic (exact) mass is 398 g/mol. The van der Waals surface area contributed by atoms with Crippen molar-refractivity contribution in [1.82, 2.24) is 9.80 Å². The number of amides is 2. The van der Waals surface area contributed by atoms with E-state index < -0.39 is 0 Å². The molecule has 0 aromatic heterocycles. The standard InChI is InChI=1S/2C11H21NO2/c2*1-8(2)10-7-12(5-6-14-10)11(13)9(3)4/h2*8-10H,5-7H2,1-4H3/t2*10-/m10/s1. The van der Waals surface area contributed by atoms with Gasteiger partial charge in [0.25, 0.3) is 0 Å². The number of rotatable bonds is 4. The minimum atomic E-state index is 0.0981. The fourth-order valence-electron chi connectivity index (χ4n) is 3.29. The maximum Gasteiger partial charge on any atom is 0.225 e. The van der Waals surface area contributed by atoms with Crippen molar-refractivity contribution in [2.45, 2.75) is 67.6 Å². The molecule has 0 aromatic rings. The van der Waals surface area contributed by atoms with Crippen LogP contribution in [0.2, 0.25) is 0 Å². The highest BCUT2D eigenvalue weighted by Gasteiger charge is 2.28. The van der Waals surface area contributed by atoms with Gasteiger partial charge in [0, 0.05) is 38.0 Å². The van der Waals surface area contributed by atoms with Gasteiger partial charge in [-0.3, -0.25) is 9.59 Å². The number of ether oxygens (including phenoxy) is 2. The summed E-state index contributed by atoms with van der Waals surface area (Å²) in [4.78, 5) is 27.3. The third-order valence-electron chi connectivity index (χ3n) is 5.29. The van der Waals surface area contributed by atoms with Gasteiger partial charge in [0.1, 0.15) is 0 Å². The number of hydrogen-bond acceptors (Lipinski definition) is 4. The summed E-state index contributed by atoms with van der Waals surface area (Å²) >= 11 is 0. The molecule has 0 spiro atoms. The number of morpholine rings is 2. The Morgan fingerprint density at radius 3 is 1.25 bits per heavy atom. The van der Waals surface area contributed by atoms with Crippen molar-refractivity contribution in [2.75, 3.05) is 39.4 Å². The van der Waals surface area contributed by atoms with E-state index in [1.54, 1.807) is 0 Å². The normalized spacial score (nSPS) is 23.3. The summed E-state index contributed by atoms with van der Waals surface area (Å²) in [5, 5.41) is 0. The second kappa shape index (κ2) is 11.8. The lowest BCUT2D eigenvalue weighted by molar-refractivity contribution is -0.144. The Morgan fingerprint density at radius 2 is 1.00 bits per heavy atom. The summed E-state index contributed by atoms with van der Waals surface area (Å²) in [7, 11) is 0. The third kappa shape index (κ3) is 7.70. The first-order valence-electron chi connectivity index (χ1n) is 10.8. The summed E-state index contributed by atoms with van der Waals surface area (Å²) in [6, 6.07) is 0. The van der Waals surface area contributed by atoms with Crippen LogP contribution in [0.4, 0.5) is 0 Å². The molecule has 2 fully saturated rings. The molecule has 0 aliphatic carbocycles. The van der Waals surface area contributed by atoms with E-state index in [1.807, 2.05) is 37.5 Å². The van der Waals surface area contributed by atoms with Crippen LogP contribution in [0.25, 0.3) is 0 Å². The molecular weight excluding hydrogens is 356 g/mol. The van der Waals surface area contributed by atoms with Gasteiger partial charge in [-0.25, -0.2) is 0 Å². The lowest BCUT2D eigenvalue weighted by Crippen LogP contribution is -2.48. The van der Waals surface area contributed by atoms with Gasteiger partial charge in [-0.05, 0) is 11.8 Å². The van der Waals surface area contributed by atoms with Gasteiger partial charge >= 0.3 is 0 Å². The van der Waals surface area contributed by atoms with E-state index in [1.165, 1.54) is 0 Å². The fourth-order valence-corrected chi connectivity index (χ4v) is 3.29. The first-order valence-corrected chi connectivity index (χ1v) is 10.8. The molecule has 2 amide bonds. The van der Waals surface area contributed by atoms with Gasteiger partial charge in [-0.2, -0.15) is 0 Å². The summed E-state index contributed by atoms with van der Waals surface area (Å²) in [6.07, 6.45) is 0.429. The Hall–Kier alpha value is -1.14. The smallest absolute Gasteiger partial charge is 0.225 e. The molecule has 2 aliphatic rings. The number of carbonyl (C=O) groups excluding carboxylic acids is 2. The van der Waals surface area contributed by atoms with Crippen LogP contribution in [-0.4, -0.2) is 73.2 Å². The second-order valence-electron chi connectivity index (χ2n) is 9.18. The van der Waals surface area contributed by atoms with Gasteiger partial charge in [0.05, 0.1) is 25.4 Å². The zero-order valence-corrected chi connectivity index (χ0v) is 19.2. The largest absolute Gasteiger partial charge is 0.374 e. The highest BCUT2D eigenvalue weighted by atomic mass is 16.5. The molecule has 0 saturated carbocycles. The first-order chi connectivity index (χ1) is 13.0. The molecule has 0 aromatic carbocycles. The maximum absolute atomic E-state index is 11.7. The van der Waals surface area contributed by atoms with Crippen molar-refractivity contribution >= 4 is 11.8 Å². The van der Waals surface area contributed by atoms with Crippen LogP contribution in [0.15, 0.2) is 0 Å². The molecule has 0 radical (unpaired) electrons. The van der Waals surface area contributed by atoms with Gasteiger partial charge in [0.15, 0.2) is 0 Å². The molecule has 2 rings (SSSR count). The van der Waals surface area contributed by atoms with E-state index >= 15 is 0 Å². The summed E-state index contributed by atoms with van der Waals surface area (Å²) in [5.41, 5.74) is 0. The van der Waals surface area contributed by atoms with E-state index in [-0.39, 0.29) is 35.9 Å². The zero-order chi connectivity index (χ0) is 21.4. The van der Waals surface area contributed by atoms with Crippen LogP contribution in [-0.2, 0) is 19.1 Å². The molecule has 6 heteroatoms. The summed E-state index contributed by atoms with van der Waals surface area (Å²) in [5.74, 6) is 1.66. The van der Waals surface area contributed by atoms with Gasteiger partial charge in [-0.15, -0.1) is 0 Å². The molecule has 0 N–H and O–H groups in total. The minimum Gasteiger partial charge on any atom is -0.374 e. The first kappa shape index (κ1) is 24.9. The van der Waals surface area contributed by atoms with E-state index in [4.69, 9.17) is 9.47 Å². The van der Waals surface area contributed by atoms with Crippen LogP contribution >= 0.6 is 0 Å². The highest BCUT2D eigenvalue weighted by molar-refractivity contribution is 5.78. The second-order valence-corrected chi connectivity index (χ2v) is 9.18. The molecule has 2 atom stereocenters. The predicted octanol–water partition coefficient (Wildman–Crippen LogP) is 3.05. The van der Waals surface area contributed by atoms with Crippen molar-refractivity contribution in [1.29, 1.82) is 0 Å². The third-order valence-corrected chi connectivity index (χ3v) is 5.29. The van der Waals surface area contributed by atoms with Crippen LogP contribution in [0.5, 0.6) is 0 Å². The minimum absolute atomic E-state index is 0.0981. The SMILES string of the molecule is CC(C)C(=O)N1CCO[C@@H](C(C)C)C1.CC(C)C(=O)N1CCO[C@H](C(C)C)C1. The number of hydrogen-bond donors (Lipinski definition) is 0. The molecule has 2 heterocycles. The van der Waals surface area contributed by atoms with Crippen molar-refractivity contribution in [3.8, 4) is 0 Å². The molecule has 2 saturated heterocycles. The predicted molar refractivity (Wildman–Crippen MR) is 112 cm³/mol. The Kier molecular flexibility index (Phi) is 10.5. The van der Waals surface area contributed by atoms with Gasteiger partial charge in [-0.1, -0.05) is 55.4 Å². The Bertz CT molecular complexity index is 447. The zero-order valence-electron chi connectivity index (χ0n) is 19.2. The lowest BCUT2D eigenvalue weighted by atomic mass is 10.0. The van der Waals surface area contributed by atoms with Crippen molar-refractivity contribution in [2.24, 2.45) is 23.7 Å². The lowest BCUT2D eigenvalue weighted by Gasteiger charge is -2.35. The van der Waals surface area contributed by atoms with E-state index in [2.05, 4.69) is 27.7 Å². The molecule has 2 aliphatic heterocycles. The topological polar surface area (TPSA) is 59.1 Å². The molecular formula is C22H42N2O4. The molecule has 6 nitrogen and oxygen atoms in total. The Morgan fingerprint density at radius 1 is 0.679 bits per heavy atom. The Balaban J connectivity index is 0.000000280. The van der Waals surface area contributed by atoms with E-state index in [0.29, 0.717) is 25.0 Å². The molecule has 164 valence electrons. The summed E-state index contributed by atoms with van der Waals surface area (Å²) in [6.45, 7) is 20.7. The van der Waals surface area contributed by atoms with Crippen LogP contribution in [0.3, 0.4) is 0 Å². The highest BCUT2D eigenvalue weighted by Crippen LogP contribution is 2.16. The average Bonchev–Trinajstić information content (AvgIpc) is 2.67. The molecule has 28 heavy (non-hydrogen) atoms. The van der Waals surface area contributed by atoms with Crippen molar-refractivity contribution in [3.05, 3.63) is 0 Å². The van der Waals surface area contributed by atoms with Crippen LogP contribution in [0, 0.1) is 23.7 Å².